The van der Waals surface area contributed by atoms with Crippen molar-refractivity contribution in [3.8, 4) is 5.75 Å². The average Bonchev–Trinajstić information content (AvgIpc) is 2.35. The maximum atomic E-state index is 13.0. The first-order valence-corrected chi connectivity index (χ1v) is 5.34. The first-order valence-electron chi connectivity index (χ1n) is 5.34. The molecule has 0 fully saturated rings. The lowest BCUT2D eigenvalue weighted by atomic mass is 9.99. The Morgan fingerprint density at radius 2 is 2.47 bits per heavy atom. The number of hydrogen-bond donors (Lipinski definition) is 1. The molecule has 5 nitrogen and oxygen atoms in total. The molecule has 2 rings (SSSR count). The van der Waals surface area contributed by atoms with Gasteiger partial charge in [-0.25, -0.2) is 4.39 Å². The van der Waals surface area contributed by atoms with Gasteiger partial charge in [0.25, 0.3) is 0 Å². The van der Waals surface area contributed by atoms with Gasteiger partial charge in [0.1, 0.15) is 17.7 Å². The SMILES string of the molecule is [N-]=[N+]=NC[C@@H](O)[C@@H]1CCc2cc(F)ccc2O1. The van der Waals surface area contributed by atoms with Gasteiger partial charge >= 0.3 is 0 Å². The smallest absolute Gasteiger partial charge is 0.125 e. The van der Waals surface area contributed by atoms with Gasteiger partial charge in [0.2, 0.25) is 0 Å². The zero-order chi connectivity index (χ0) is 12.3. The van der Waals surface area contributed by atoms with Crippen LogP contribution < -0.4 is 4.74 Å². The zero-order valence-corrected chi connectivity index (χ0v) is 9.08. The number of hydrogen-bond acceptors (Lipinski definition) is 3. The summed E-state index contributed by atoms with van der Waals surface area (Å²) in [6, 6.07) is 4.31. The average molecular weight is 237 g/mol. The minimum absolute atomic E-state index is 0.0162. The minimum atomic E-state index is -0.830. The zero-order valence-electron chi connectivity index (χ0n) is 9.08. The Morgan fingerprint density at radius 1 is 1.65 bits per heavy atom. The summed E-state index contributed by atoms with van der Waals surface area (Å²) in [6.45, 7) is -0.0162. The van der Waals surface area contributed by atoms with Crippen LogP contribution in [0.4, 0.5) is 4.39 Å². The second kappa shape index (κ2) is 5.03. The number of fused-ring (bicyclic) bond motifs is 1. The highest BCUT2D eigenvalue weighted by Crippen LogP contribution is 2.29. The van der Waals surface area contributed by atoms with Crippen LogP contribution in [0.15, 0.2) is 23.3 Å². The van der Waals surface area contributed by atoms with Crippen molar-refractivity contribution in [3.63, 3.8) is 0 Å². The Hall–Kier alpha value is -1.78. The topological polar surface area (TPSA) is 78.2 Å². The highest BCUT2D eigenvalue weighted by atomic mass is 19.1. The Balaban J connectivity index is 2.08. The number of aliphatic hydroxyl groups excluding tert-OH is 1. The van der Waals surface area contributed by atoms with E-state index in [1.54, 1.807) is 6.07 Å². The van der Waals surface area contributed by atoms with Crippen molar-refractivity contribution >= 4 is 0 Å². The summed E-state index contributed by atoms with van der Waals surface area (Å²) in [5.41, 5.74) is 8.97. The van der Waals surface area contributed by atoms with E-state index in [-0.39, 0.29) is 12.4 Å². The maximum absolute atomic E-state index is 13.0. The van der Waals surface area contributed by atoms with E-state index in [2.05, 4.69) is 10.0 Å². The van der Waals surface area contributed by atoms with E-state index in [0.29, 0.717) is 18.6 Å². The van der Waals surface area contributed by atoms with Crippen molar-refractivity contribution in [2.24, 2.45) is 5.11 Å². The lowest BCUT2D eigenvalue weighted by Gasteiger charge is -2.28. The van der Waals surface area contributed by atoms with E-state index in [0.717, 1.165) is 5.56 Å². The summed E-state index contributed by atoms with van der Waals surface area (Å²) in [5, 5.41) is 13.0. The number of rotatable bonds is 3. The number of nitrogens with zero attached hydrogens (tertiary/aromatic N) is 3. The van der Waals surface area contributed by atoms with Crippen LogP contribution in [0, 0.1) is 5.82 Å². The standard InChI is InChI=1S/C11H12FN3O2/c12-8-2-4-10-7(5-8)1-3-11(17-10)9(16)6-14-15-13/h2,4-5,9,11,16H,1,3,6H2/t9-,11+/m1/s1. The minimum Gasteiger partial charge on any atom is -0.487 e. The first kappa shape index (κ1) is 11.7. The molecule has 6 heteroatoms. The molecule has 1 aromatic rings. The molecule has 2 atom stereocenters. The van der Waals surface area contributed by atoms with Gasteiger partial charge in [-0.2, -0.15) is 0 Å². The number of aliphatic hydroxyl groups is 1. The van der Waals surface area contributed by atoms with Crippen molar-refractivity contribution in [3.05, 3.63) is 40.0 Å². The second-order valence-corrected chi connectivity index (χ2v) is 3.93. The summed E-state index contributed by atoms with van der Waals surface area (Å²) in [5.74, 6) is 0.295. The van der Waals surface area contributed by atoms with Gasteiger partial charge in [-0.3, -0.25) is 0 Å². The predicted octanol–water partition coefficient (Wildman–Crippen LogP) is 2.19. The van der Waals surface area contributed by atoms with Gasteiger partial charge in [0, 0.05) is 4.91 Å². The number of benzene rings is 1. The van der Waals surface area contributed by atoms with Crippen molar-refractivity contribution in [1.82, 2.24) is 0 Å². The molecule has 0 aliphatic carbocycles. The summed E-state index contributed by atoms with van der Waals surface area (Å²) in [6.07, 6.45) is -0.00789. The summed E-state index contributed by atoms with van der Waals surface area (Å²) in [4.78, 5) is 2.59. The first-order chi connectivity index (χ1) is 8.20. The molecular weight excluding hydrogens is 225 g/mol. The number of halogens is 1. The number of azide groups is 1. The molecule has 0 unspecified atom stereocenters. The van der Waals surface area contributed by atoms with E-state index >= 15 is 0 Å². The molecule has 0 saturated carbocycles. The normalized spacial score (nSPS) is 19.8. The van der Waals surface area contributed by atoms with Crippen LogP contribution in [0.25, 0.3) is 10.4 Å². The van der Waals surface area contributed by atoms with Gasteiger partial charge in [0.05, 0.1) is 12.6 Å². The fourth-order valence-electron chi connectivity index (χ4n) is 1.89. The molecule has 0 aromatic heterocycles. The lowest BCUT2D eigenvalue weighted by molar-refractivity contribution is 0.0296. The van der Waals surface area contributed by atoms with Crippen LogP contribution in [0.1, 0.15) is 12.0 Å². The van der Waals surface area contributed by atoms with Crippen LogP contribution in [-0.2, 0) is 6.42 Å². The lowest BCUT2D eigenvalue weighted by Crippen LogP contribution is -2.36. The molecule has 1 aliphatic rings. The summed E-state index contributed by atoms with van der Waals surface area (Å²) < 4.78 is 18.5. The molecule has 1 N–H and O–H groups in total. The fraction of sp³-hybridized carbons (Fsp3) is 0.455. The third kappa shape index (κ3) is 2.67. The van der Waals surface area contributed by atoms with Crippen LogP contribution in [-0.4, -0.2) is 23.9 Å². The molecule has 1 heterocycles. The third-order valence-electron chi connectivity index (χ3n) is 2.76. The quantitative estimate of drug-likeness (QED) is 0.497. The van der Waals surface area contributed by atoms with E-state index in [1.165, 1.54) is 12.1 Å². The number of aryl methyl sites for hydroxylation is 1. The van der Waals surface area contributed by atoms with Crippen molar-refractivity contribution in [1.29, 1.82) is 0 Å². The molecule has 17 heavy (non-hydrogen) atoms. The van der Waals surface area contributed by atoms with Gasteiger partial charge in [-0.15, -0.1) is 0 Å². The fourth-order valence-corrected chi connectivity index (χ4v) is 1.89. The van der Waals surface area contributed by atoms with E-state index in [1.807, 2.05) is 0 Å². The maximum Gasteiger partial charge on any atom is 0.125 e. The van der Waals surface area contributed by atoms with Crippen LogP contribution in [0.2, 0.25) is 0 Å². The molecule has 0 radical (unpaired) electrons. The third-order valence-corrected chi connectivity index (χ3v) is 2.76. The van der Waals surface area contributed by atoms with Gasteiger partial charge < -0.3 is 9.84 Å². The van der Waals surface area contributed by atoms with E-state index < -0.39 is 12.2 Å². The molecule has 0 bridgehead atoms. The molecule has 90 valence electrons. The Morgan fingerprint density at radius 3 is 3.24 bits per heavy atom. The molecule has 1 aromatic carbocycles. The second-order valence-electron chi connectivity index (χ2n) is 3.93. The van der Waals surface area contributed by atoms with Gasteiger partial charge in [-0.1, -0.05) is 5.11 Å². The van der Waals surface area contributed by atoms with Crippen LogP contribution in [0.3, 0.4) is 0 Å². The number of ether oxygens (including phenoxy) is 1. The van der Waals surface area contributed by atoms with Crippen molar-refractivity contribution < 1.29 is 14.2 Å². The van der Waals surface area contributed by atoms with Crippen LogP contribution in [0.5, 0.6) is 5.75 Å². The Labute approximate surface area is 97.5 Å². The molecule has 1 aliphatic heterocycles. The summed E-state index contributed by atoms with van der Waals surface area (Å²) >= 11 is 0. The Bertz CT molecular complexity index is 460. The highest BCUT2D eigenvalue weighted by Gasteiger charge is 2.25. The van der Waals surface area contributed by atoms with Crippen molar-refractivity contribution in [2.75, 3.05) is 6.54 Å². The van der Waals surface area contributed by atoms with Crippen molar-refractivity contribution in [2.45, 2.75) is 25.0 Å². The van der Waals surface area contributed by atoms with E-state index in [9.17, 15) is 9.50 Å². The van der Waals surface area contributed by atoms with Gasteiger partial charge in [0.15, 0.2) is 0 Å². The summed E-state index contributed by atoms with van der Waals surface area (Å²) in [7, 11) is 0. The molecule has 0 saturated heterocycles. The molecular formula is C11H12FN3O2. The highest BCUT2D eigenvalue weighted by molar-refractivity contribution is 5.35. The Kier molecular flexibility index (Phi) is 3.46. The predicted molar refractivity (Wildman–Crippen MR) is 59.2 cm³/mol. The van der Waals surface area contributed by atoms with E-state index in [4.69, 9.17) is 10.3 Å². The van der Waals surface area contributed by atoms with Gasteiger partial charge in [-0.05, 0) is 42.1 Å². The molecule has 0 amide bonds. The monoisotopic (exact) mass is 237 g/mol. The van der Waals surface area contributed by atoms with Crippen LogP contribution >= 0.6 is 0 Å². The largest absolute Gasteiger partial charge is 0.487 e. The molecule has 0 spiro atoms.